The summed E-state index contributed by atoms with van der Waals surface area (Å²) in [6.07, 6.45) is 1.82. The van der Waals surface area contributed by atoms with Gasteiger partial charge in [0.25, 0.3) is 0 Å². The molecule has 5 nitrogen and oxygen atoms in total. The van der Waals surface area contributed by atoms with Crippen LogP contribution >= 0.6 is 23.4 Å². The molecule has 1 fully saturated rings. The second-order valence-electron chi connectivity index (χ2n) is 6.62. The smallest absolute Gasteiger partial charge is 0.315 e. The van der Waals surface area contributed by atoms with Crippen molar-refractivity contribution in [1.29, 1.82) is 5.26 Å². The number of thioether (sulfide) groups is 1. The molecule has 0 radical (unpaired) electrons. The van der Waals surface area contributed by atoms with Crippen molar-refractivity contribution in [2.45, 2.75) is 23.8 Å². The number of nitrogens with one attached hydrogen (secondary N) is 2. The van der Waals surface area contributed by atoms with Crippen molar-refractivity contribution in [2.24, 2.45) is 0 Å². The first-order valence-electron chi connectivity index (χ1n) is 9.32. The highest BCUT2D eigenvalue weighted by molar-refractivity contribution is 7.99. The molecule has 7 heteroatoms. The van der Waals surface area contributed by atoms with Gasteiger partial charge in [0.1, 0.15) is 0 Å². The fraction of sp³-hybridized carbons (Fsp3) is 0.333. The van der Waals surface area contributed by atoms with Gasteiger partial charge in [-0.05, 0) is 61.4 Å². The quantitative estimate of drug-likeness (QED) is 0.547. The van der Waals surface area contributed by atoms with Crippen LogP contribution in [-0.4, -0.2) is 37.5 Å². The molecular formula is C21H23ClN4OS. The maximum absolute atomic E-state index is 12.1. The van der Waals surface area contributed by atoms with E-state index < -0.39 is 0 Å². The molecule has 0 unspecified atom stereocenters. The highest BCUT2D eigenvalue weighted by Gasteiger charge is 2.20. The summed E-state index contributed by atoms with van der Waals surface area (Å²) in [5, 5.41) is 15.6. The number of hydrogen-bond donors (Lipinski definition) is 2. The van der Waals surface area contributed by atoms with E-state index in [0.29, 0.717) is 12.1 Å². The third-order valence-corrected chi connectivity index (χ3v) is 5.93. The molecule has 0 saturated carbocycles. The predicted octanol–water partition coefficient (Wildman–Crippen LogP) is 4.27. The Morgan fingerprint density at radius 1 is 1.14 bits per heavy atom. The lowest BCUT2D eigenvalue weighted by atomic mass is 10.0. The van der Waals surface area contributed by atoms with Crippen LogP contribution in [0.3, 0.4) is 0 Å². The summed E-state index contributed by atoms with van der Waals surface area (Å²) in [5.74, 6) is 0.812. The van der Waals surface area contributed by atoms with Crippen LogP contribution in [0.1, 0.15) is 18.4 Å². The van der Waals surface area contributed by atoms with E-state index in [1.165, 1.54) is 0 Å². The van der Waals surface area contributed by atoms with Crippen molar-refractivity contribution >= 4 is 35.1 Å². The SMILES string of the molecule is N#Cc1ccc(N2CCC(NC(=O)NCCSc3ccc(Cl)cc3)CC2)cc1. The van der Waals surface area contributed by atoms with Crippen LogP contribution in [0.15, 0.2) is 53.4 Å². The third-order valence-electron chi connectivity index (χ3n) is 4.66. The molecule has 1 heterocycles. The number of rotatable bonds is 6. The molecule has 0 bridgehead atoms. The summed E-state index contributed by atoms with van der Waals surface area (Å²) in [6.45, 7) is 2.40. The minimum Gasteiger partial charge on any atom is -0.371 e. The van der Waals surface area contributed by atoms with Crippen LogP contribution < -0.4 is 15.5 Å². The third kappa shape index (κ3) is 6.08. The van der Waals surface area contributed by atoms with Gasteiger partial charge in [0.2, 0.25) is 0 Å². The largest absolute Gasteiger partial charge is 0.371 e. The predicted molar refractivity (Wildman–Crippen MR) is 115 cm³/mol. The Morgan fingerprint density at radius 2 is 1.82 bits per heavy atom. The van der Waals surface area contributed by atoms with Crippen molar-refractivity contribution in [2.75, 3.05) is 30.3 Å². The lowest BCUT2D eigenvalue weighted by Gasteiger charge is -2.34. The Bertz CT molecular complexity index is 812. The Hall–Kier alpha value is -2.36. The maximum atomic E-state index is 12.1. The number of urea groups is 1. The Labute approximate surface area is 175 Å². The number of nitriles is 1. The molecule has 0 atom stereocenters. The number of halogens is 1. The first-order chi connectivity index (χ1) is 13.6. The fourth-order valence-corrected chi connectivity index (χ4v) is 4.02. The summed E-state index contributed by atoms with van der Waals surface area (Å²) in [5.41, 5.74) is 1.80. The number of hydrogen-bond acceptors (Lipinski definition) is 4. The molecule has 3 rings (SSSR count). The van der Waals surface area contributed by atoms with Crippen molar-refractivity contribution < 1.29 is 4.79 Å². The van der Waals surface area contributed by atoms with E-state index >= 15 is 0 Å². The highest BCUT2D eigenvalue weighted by atomic mass is 35.5. The molecule has 0 aliphatic carbocycles. The fourth-order valence-electron chi connectivity index (χ4n) is 3.13. The van der Waals surface area contributed by atoms with E-state index in [1.807, 2.05) is 48.5 Å². The van der Waals surface area contributed by atoms with Gasteiger partial charge < -0.3 is 15.5 Å². The molecule has 28 heavy (non-hydrogen) atoms. The van der Waals surface area contributed by atoms with Crippen molar-refractivity contribution in [3.63, 3.8) is 0 Å². The topological polar surface area (TPSA) is 68.2 Å². The van der Waals surface area contributed by atoms with E-state index in [2.05, 4.69) is 21.6 Å². The maximum Gasteiger partial charge on any atom is 0.315 e. The van der Waals surface area contributed by atoms with Gasteiger partial charge in [-0.3, -0.25) is 0 Å². The molecular weight excluding hydrogens is 392 g/mol. The van der Waals surface area contributed by atoms with E-state index in [9.17, 15) is 4.79 Å². The number of piperidine rings is 1. The monoisotopic (exact) mass is 414 g/mol. The average molecular weight is 415 g/mol. The molecule has 146 valence electrons. The Kier molecular flexibility index (Phi) is 7.46. The molecule has 2 N–H and O–H groups in total. The Balaban J connectivity index is 1.33. The zero-order chi connectivity index (χ0) is 19.8. The van der Waals surface area contributed by atoms with Crippen LogP contribution in [0.25, 0.3) is 0 Å². The zero-order valence-electron chi connectivity index (χ0n) is 15.5. The summed E-state index contributed by atoms with van der Waals surface area (Å²) >= 11 is 7.56. The van der Waals surface area contributed by atoms with Gasteiger partial charge in [-0.25, -0.2) is 4.79 Å². The molecule has 1 aliphatic heterocycles. The van der Waals surface area contributed by atoms with Crippen LogP contribution in [0.2, 0.25) is 5.02 Å². The van der Waals surface area contributed by atoms with E-state index in [4.69, 9.17) is 16.9 Å². The van der Waals surface area contributed by atoms with Crippen molar-refractivity contribution in [1.82, 2.24) is 10.6 Å². The average Bonchev–Trinajstić information content (AvgIpc) is 2.73. The highest BCUT2D eigenvalue weighted by Crippen LogP contribution is 2.21. The van der Waals surface area contributed by atoms with Crippen LogP contribution in [0.5, 0.6) is 0 Å². The van der Waals surface area contributed by atoms with Gasteiger partial charge in [0.15, 0.2) is 0 Å². The van der Waals surface area contributed by atoms with Gasteiger partial charge in [-0.15, -0.1) is 11.8 Å². The van der Waals surface area contributed by atoms with Gasteiger partial charge in [-0.2, -0.15) is 5.26 Å². The second kappa shape index (κ2) is 10.3. The lowest BCUT2D eigenvalue weighted by Crippen LogP contribution is -2.48. The first-order valence-corrected chi connectivity index (χ1v) is 10.7. The van der Waals surface area contributed by atoms with E-state index in [1.54, 1.807) is 11.8 Å². The van der Waals surface area contributed by atoms with E-state index in [0.717, 1.165) is 47.3 Å². The van der Waals surface area contributed by atoms with Gasteiger partial charge in [-0.1, -0.05) is 11.6 Å². The number of carbonyl (C=O) groups excluding carboxylic acids is 1. The van der Waals surface area contributed by atoms with Crippen LogP contribution in [-0.2, 0) is 0 Å². The summed E-state index contributed by atoms with van der Waals surface area (Å²) < 4.78 is 0. The number of anilines is 1. The van der Waals surface area contributed by atoms with Crippen molar-refractivity contribution in [3.05, 3.63) is 59.1 Å². The van der Waals surface area contributed by atoms with Crippen LogP contribution in [0.4, 0.5) is 10.5 Å². The number of carbonyl (C=O) groups is 1. The molecule has 2 aromatic rings. The summed E-state index contributed by atoms with van der Waals surface area (Å²) in [7, 11) is 0. The molecule has 1 saturated heterocycles. The van der Waals surface area contributed by atoms with Gasteiger partial charge in [0.05, 0.1) is 11.6 Å². The molecule has 0 aromatic heterocycles. The number of amides is 2. The number of benzene rings is 2. The molecule has 2 amide bonds. The molecule has 1 aliphatic rings. The first kappa shape index (κ1) is 20.4. The van der Waals surface area contributed by atoms with Crippen LogP contribution in [0, 0.1) is 11.3 Å². The Morgan fingerprint density at radius 3 is 2.46 bits per heavy atom. The second-order valence-corrected chi connectivity index (χ2v) is 8.23. The minimum atomic E-state index is -0.103. The summed E-state index contributed by atoms with van der Waals surface area (Å²) in [4.78, 5) is 15.5. The lowest BCUT2D eigenvalue weighted by molar-refractivity contribution is 0.235. The normalized spacial score (nSPS) is 14.4. The molecule has 0 spiro atoms. The summed E-state index contributed by atoms with van der Waals surface area (Å²) in [6, 6.07) is 17.6. The number of nitrogens with zero attached hydrogens (tertiary/aromatic N) is 2. The minimum absolute atomic E-state index is 0.103. The molecule has 2 aromatic carbocycles. The van der Waals surface area contributed by atoms with Gasteiger partial charge in [0, 0.05) is 47.0 Å². The van der Waals surface area contributed by atoms with Crippen molar-refractivity contribution in [3.8, 4) is 6.07 Å². The standard InChI is InChI=1S/C21H23ClN4OS/c22-17-3-7-20(8-4-17)28-14-11-24-21(27)25-18-9-12-26(13-10-18)19-5-1-16(15-23)2-6-19/h1-8,18H,9-14H2,(H2,24,25,27). The zero-order valence-corrected chi connectivity index (χ0v) is 17.1. The van der Waals surface area contributed by atoms with E-state index in [-0.39, 0.29) is 12.1 Å². The van der Waals surface area contributed by atoms with Gasteiger partial charge >= 0.3 is 6.03 Å².